The van der Waals surface area contributed by atoms with Gasteiger partial charge in [0.1, 0.15) is 16.9 Å². The van der Waals surface area contributed by atoms with E-state index < -0.39 is 0 Å². The molecule has 0 N–H and O–H groups in total. The van der Waals surface area contributed by atoms with E-state index in [-0.39, 0.29) is 10.8 Å². The van der Waals surface area contributed by atoms with Gasteiger partial charge in [0.15, 0.2) is 11.7 Å². The highest BCUT2D eigenvalue weighted by molar-refractivity contribution is 6.32. The minimum Gasteiger partial charge on any atom is -0.441 e. The number of aromatic nitrogens is 2. The zero-order valence-corrected chi connectivity index (χ0v) is 8.62. The Bertz CT molecular complexity index is 542. The summed E-state index contributed by atoms with van der Waals surface area (Å²) in [5.41, 5.74) is 0.913. The number of oxazole rings is 1. The van der Waals surface area contributed by atoms with Gasteiger partial charge in [0.2, 0.25) is 0 Å². The van der Waals surface area contributed by atoms with E-state index in [1.807, 2.05) is 6.07 Å². The normalized spacial score (nSPS) is 9.93. The zero-order chi connectivity index (χ0) is 10.8. The largest absolute Gasteiger partial charge is 0.441 e. The topological polar surface area (TPSA) is 62.7 Å². The monoisotopic (exact) mass is 219 g/mol. The Morgan fingerprint density at radius 1 is 1.47 bits per heavy atom. The van der Waals surface area contributed by atoms with Crippen LogP contribution in [0.25, 0.3) is 11.3 Å². The first kappa shape index (κ1) is 9.69. The highest BCUT2D eigenvalue weighted by Gasteiger charge is 2.09. The van der Waals surface area contributed by atoms with E-state index in [1.165, 1.54) is 0 Å². The first-order valence-electron chi connectivity index (χ1n) is 4.20. The van der Waals surface area contributed by atoms with Crippen LogP contribution in [-0.4, -0.2) is 9.97 Å². The summed E-state index contributed by atoms with van der Waals surface area (Å²) in [6.07, 6.45) is 1.57. The molecule has 2 rings (SSSR count). The van der Waals surface area contributed by atoms with Crippen molar-refractivity contribution in [3.05, 3.63) is 35.1 Å². The fraction of sp³-hybridized carbons (Fsp3) is 0.100. The fourth-order valence-electron chi connectivity index (χ4n) is 1.17. The van der Waals surface area contributed by atoms with Gasteiger partial charge >= 0.3 is 0 Å². The lowest BCUT2D eigenvalue weighted by atomic mass is 10.2. The summed E-state index contributed by atoms with van der Waals surface area (Å²) in [6, 6.07) is 5.18. The molecule has 2 aromatic rings. The minimum atomic E-state index is 0.241. The third-order valence-electron chi connectivity index (χ3n) is 1.85. The summed E-state index contributed by atoms with van der Waals surface area (Å²) >= 11 is 5.90. The molecular weight excluding hydrogens is 214 g/mol. The summed E-state index contributed by atoms with van der Waals surface area (Å²) in [4.78, 5) is 7.85. The third-order valence-corrected chi connectivity index (χ3v) is 2.14. The quantitative estimate of drug-likeness (QED) is 0.692. The van der Waals surface area contributed by atoms with Gasteiger partial charge in [-0.25, -0.2) is 9.97 Å². The maximum atomic E-state index is 8.62. The molecule has 0 atom stereocenters. The Labute approximate surface area is 91.1 Å². The van der Waals surface area contributed by atoms with Crippen LogP contribution in [-0.2, 0) is 0 Å². The molecule has 4 nitrogen and oxygen atoms in total. The van der Waals surface area contributed by atoms with Gasteiger partial charge in [-0.3, -0.25) is 0 Å². The van der Waals surface area contributed by atoms with Crippen molar-refractivity contribution < 1.29 is 4.42 Å². The zero-order valence-electron chi connectivity index (χ0n) is 7.86. The Morgan fingerprint density at radius 2 is 2.27 bits per heavy atom. The van der Waals surface area contributed by atoms with Crippen LogP contribution in [0.1, 0.15) is 11.6 Å². The maximum absolute atomic E-state index is 8.62. The van der Waals surface area contributed by atoms with E-state index in [4.69, 9.17) is 21.3 Å². The lowest BCUT2D eigenvalue weighted by molar-refractivity contribution is 0.534. The summed E-state index contributed by atoms with van der Waals surface area (Å²) < 4.78 is 5.31. The smallest absolute Gasteiger partial charge is 0.191 e. The number of rotatable bonds is 1. The highest BCUT2D eigenvalue weighted by Crippen LogP contribution is 2.26. The van der Waals surface area contributed by atoms with Gasteiger partial charge in [0.05, 0.1) is 11.8 Å². The SMILES string of the molecule is Cc1ncc(-c2ccc(C#N)nc2Cl)o1. The fourth-order valence-corrected chi connectivity index (χ4v) is 1.41. The van der Waals surface area contributed by atoms with Crippen molar-refractivity contribution in [2.75, 3.05) is 0 Å². The molecule has 0 bridgehead atoms. The second-order valence-electron chi connectivity index (χ2n) is 2.89. The lowest BCUT2D eigenvalue weighted by Crippen LogP contribution is -1.85. The molecule has 0 fully saturated rings. The minimum absolute atomic E-state index is 0.241. The van der Waals surface area contributed by atoms with Gasteiger partial charge < -0.3 is 4.42 Å². The molecule has 2 heterocycles. The van der Waals surface area contributed by atoms with Crippen molar-refractivity contribution in [2.45, 2.75) is 6.92 Å². The predicted octanol–water partition coefficient (Wildman–Crippen LogP) is 2.57. The van der Waals surface area contributed by atoms with Crippen LogP contribution < -0.4 is 0 Å². The number of pyridine rings is 1. The van der Waals surface area contributed by atoms with E-state index >= 15 is 0 Å². The number of halogens is 1. The molecule has 0 radical (unpaired) electrons. The molecule has 2 aromatic heterocycles. The van der Waals surface area contributed by atoms with Crippen LogP contribution in [0.3, 0.4) is 0 Å². The van der Waals surface area contributed by atoms with E-state index in [9.17, 15) is 0 Å². The average Bonchev–Trinajstić information content (AvgIpc) is 2.64. The Hall–Kier alpha value is -1.86. The van der Waals surface area contributed by atoms with E-state index in [0.29, 0.717) is 17.2 Å². The van der Waals surface area contributed by atoms with Crippen LogP contribution in [0.2, 0.25) is 5.15 Å². The highest BCUT2D eigenvalue weighted by atomic mass is 35.5. The maximum Gasteiger partial charge on any atom is 0.191 e. The summed E-state index contributed by atoms with van der Waals surface area (Å²) in [6.45, 7) is 1.74. The second kappa shape index (κ2) is 3.71. The molecule has 15 heavy (non-hydrogen) atoms. The Kier molecular flexibility index (Phi) is 2.40. The molecule has 0 aliphatic carbocycles. The Balaban J connectivity index is 2.51. The van der Waals surface area contributed by atoms with Crippen LogP contribution in [0, 0.1) is 18.3 Å². The van der Waals surface area contributed by atoms with E-state index in [0.717, 1.165) is 0 Å². The van der Waals surface area contributed by atoms with Gasteiger partial charge in [-0.05, 0) is 12.1 Å². The molecule has 0 saturated heterocycles. The first-order chi connectivity index (χ1) is 7.20. The molecule has 0 aromatic carbocycles. The standard InChI is InChI=1S/C10H6ClN3O/c1-6-13-5-9(15-6)8-3-2-7(4-12)14-10(8)11/h2-3,5H,1H3. The van der Waals surface area contributed by atoms with Crippen LogP contribution in [0.4, 0.5) is 0 Å². The van der Waals surface area contributed by atoms with Crippen LogP contribution in [0.5, 0.6) is 0 Å². The van der Waals surface area contributed by atoms with Gasteiger partial charge in [0, 0.05) is 6.92 Å². The van der Waals surface area contributed by atoms with Crippen molar-refractivity contribution in [1.29, 1.82) is 5.26 Å². The number of aryl methyl sites for hydroxylation is 1. The lowest BCUT2D eigenvalue weighted by Gasteiger charge is -1.98. The molecular formula is C10H6ClN3O. The summed E-state index contributed by atoms with van der Waals surface area (Å²) in [5.74, 6) is 1.11. The predicted molar refractivity (Wildman–Crippen MR) is 54.2 cm³/mol. The van der Waals surface area contributed by atoms with Gasteiger partial charge in [-0.2, -0.15) is 5.26 Å². The molecule has 74 valence electrons. The molecule has 0 amide bonds. The van der Waals surface area contributed by atoms with Crippen molar-refractivity contribution in [2.24, 2.45) is 0 Å². The first-order valence-corrected chi connectivity index (χ1v) is 4.58. The number of hydrogen-bond donors (Lipinski definition) is 0. The molecule has 5 heteroatoms. The van der Waals surface area contributed by atoms with Crippen LogP contribution in [0.15, 0.2) is 22.7 Å². The van der Waals surface area contributed by atoms with E-state index in [1.54, 1.807) is 25.3 Å². The molecule has 0 saturated carbocycles. The number of hydrogen-bond acceptors (Lipinski definition) is 4. The molecule has 0 spiro atoms. The van der Waals surface area contributed by atoms with Gasteiger partial charge in [-0.1, -0.05) is 11.6 Å². The average molecular weight is 220 g/mol. The van der Waals surface area contributed by atoms with Gasteiger partial charge in [-0.15, -0.1) is 0 Å². The van der Waals surface area contributed by atoms with Crippen molar-refractivity contribution >= 4 is 11.6 Å². The van der Waals surface area contributed by atoms with Crippen molar-refractivity contribution in [3.8, 4) is 17.4 Å². The Morgan fingerprint density at radius 3 is 2.80 bits per heavy atom. The van der Waals surface area contributed by atoms with Crippen molar-refractivity contribution in [1.82, 2.24) is 9.97 Å². The second-order valence-corrected chi connectivity index (χ2v) is 3.25. The molecule has 0 aliphatic rings. The molecule has 0 aliphatic heterocycles. The third kappa shape index (κ3) is 1.83. The molecule has 0 unspecified atom stereocenters. The van der Waals surface area contributed by atoms with Crippen molar-refractivity contribution in [3.63, 3.8) is 0 Å². The number of nitrogens with zero attached hydrogens (tertiary/aromatic N) is 3. The van der Waals surface area contributed by atoms with Gasteiger partial charge in [0.25, 0.3) is 0 Å². The summed E-state index contributed by atoms with van der Waals surface area (Å²) in [7, 11) is 0. The number of nitriles is 1. The van der Waals surface area contributed by atoms with Crippen LogP contribution >= 0.6 is 11.6 Å². The summed E-state index contributed by atoms with van der Waals surface area (Å²) in [5, 5.41) is 8.86. The van der Waals surface area contributed by atoms with E-state index in [2.05, 4.69) is 9.97 Å².